The second-order valence-corrected chi connectivity index (χ2v) is 6.29. The predicted molar refractivity (Wildman–Crippen MR) is 72.5 cm³/mol. The first-order valence-corrected chi connectivity index (χ1v) is 7.64. The van der Waals surface area contributed by atoms with Crippen molar-refractivity contribution in [2.45, 2.75) is 12.8 Å². The number of nitrogens with two attached hydrogens (primary N) is 1. The standard InChI is InChI=1S/C13H15FN2O2S/c14-13-8-12(6-5-11(13)2-1-7-15)16-19(17,18)9-10-3-4-10/h5-6,8,10,16H,3-4,7,9,15H2. The Balaban J connectivity index is 2.11. The molecule has 1 aliphatic rings. The van der Waals surface area contributed by atoms with Crippen molar-refractivity contribution < 1.29 is 12.8 Å². The monoisotopic (exact) mass is 282 g/mol. The van der Waals surface area contributed by atoms with Crippen molar-refractivity contribution in [1.29, 1.82) is 0 Å². The second-order valence-electron chi connectivity index (χ2n) is 4.53. The van der Waals surface area contributed by atoms with Crippen LogP contribution in [0.1, 0.15) is 18.4 Å². The number of rotatable bonds is 4. The Morgan fingerprint density at radius 1 is 1.42 bits per heavy atom. The van der Waals surface area contributed by atoms with Gasteiger partial charge in [-0.1, -0.05) is 11.8 Å². The minimum Gasteiger partial charge on any atom is -0.320 e. The summed E-state index contributed by atoms with van der Waals surface area (Å²) in [5.74, 6) is 4.91. The Morgan fingerprint density at radius 3 is 2.74 bits per heavy atom. The molecule has 102 valence electrons. The fourth-order valence-electron chi connectivity index (χ4n) is 1.64. The summed E-state index contributed by atoms with van der Waals surface area (Å²) in [6, 6.07) is 4.06. The average molecular weight is 282 g/mol. The van der Waals surface area contributed by atoms with E-state index in [0.29, 0.717) is 0 Å². The summed E-state index contributed by atoms with van der Waals surface area (Å²) < 4.78 is 39.5. The number of sulfonamides is 1. The van der Waals surface area contributed by atoms with Gasteiger partial charge < -0.3 is 5.73 Å². The SMILES string of the molecule is NCC#Cc1ccc(NS(=O)(=O)CC2CC2)cc1F. The maximum atomic E-state index is 13.6. The summed E-state index contributed by atoms with van der Waals surface area (Å²) in [6.45, 7) is 0.148. The molecule has 1 aromatic rings. The molecule has 3 N–H and O–H groups in total. The molecule has 0 saturated heterocycles. The van der Waals surface area contributed by atoms with Crippen molar-refractivity contribution in [2.75, 3.05) is 17.0 Å². The summed E-state index contributed by atoms with van der Waals surface area (Å²) in [6.07, 6.45) is 1.89. The van der Waals surface area contributed by atoms with Gasteiger partial charge in [-0.05, 0) is 37.0 Å². The Kier molecular flexibility index (Phi) is 4.08. The molecule has 1 aliphatic carbocycles. The highest BCUT2D eigenvalue weighted by atomic mass is 32.2. The lowest BCUT2D eigenvalue weighted by atomic mass is 10.2. The fourth-order valence-corrected chi connectivity index (χ4v) is 3.17. The number of anilines is 1. The largest absolute Gasteiger partial charge is 0.320 e. The first kappa shape index (κ1) is 13.8. The summed E-state index contributed by atoms with van der Waals surface area (Å²) in [5.41, 5.74) is 5.63. The van der Waals surface area contributed by atoms with E-state index in [9.17, 15) is 12.8 Å². The smallest absolute Gasteiger partial charge is 0.232 e. The molecule has 1 saturated carbocycles. The maximum Gasteiger partial charge on any atom is 0.232 e. The van der Waals surface area contributed by atoms with Crippen LogP contribution in [0.15, 0.2) is 18.2 Å². The van der Waals surface area contributed by atoms with E-state index >= 15 is 0 Å². The summed E-state index contributed by atoms with van der Waals surface area (Å²) in [4.78, 5) is 0. The van der Waals surface area contributed by atoms with Crippen LogP contribution in [0.2, 0.25) is 0 Å². The van der Waals surface area contributed by atoms with E-state index < -0.39 is 15.8 Å². The van der Waals surface area contributed by atoms with Gasteiger partial charge in [0.2, 0.25) is 10.0 Å². The van der Waals surface area contributed by atoms with Crippen molar-refractivity contribution >= 4 is 15.7 Å². The second kappa shape index (κ2) is 5.59. The Bertz CT molecular complexity index is 628. The zero-order valence-corrected chi connectivity index (χ0v) is 11.1. The van der Waals surface area contributed by atoms with Crippen molar-refractivity contribution in [2.24, 2.45) is 11.7 Å². The third-order valence-corrected chi connectivity index (χ3v) is 4.18. The Labute approximate surface area is 112 Å². The van der Waals surface area contributed by atoms with Crippen LogP contribution in [0.4, 0.5) is 10.1 Å². The number of benzene rings is 1. The lowest BCUT2D eigenvalue weighted by molar-refractivity contribution is 0.597. The highest BCUT2D eigenvalue weighted by molar-refractivity contribution is 7.92. The highest BCUT2D eigenvalue weighted by Gasteiger charge is 2.28. The summed E-state index contributed by atoms with van der Waals surface area (Å²) >= 11 is 0. The van der Waals surface area contributed by atoms with Gasteiger partial charge in [-0.25, -0.2) is 12.8 Å². The predicted octanol–water partition coefficient (Wildman–Crippen LogP) is 1.29. The molecule has 4 nitrogen and oxygen atoms in total. The van der Waals surface area contributed by atoms with Crippen LogP contribution in [-0.2, 0) is 10.0 Å². The van der Waals surface area contributed by atoms with Crippen molar-refractivity contribution in [3.63, 3.8) is 0 Å². The number of hydrogen-bond acceptors (Lipinski definition) is 3. The van der Waals surface area contributed by atoms with Crippen molar-refractivity contribution in [3.05, 3.63) is 29.6 Å². The van der Waals surface area contributed by atoms with Gasteiger partial charge in [0.05, 0.1) is 23.5 Å². The number of nitrogens with one attached hydrogen (secondary N) is 1. The maximum absolute atomic E-state index is 13.6. The minimum atomic E-state index is -3.39. The molecule has 0 unspecified atom stereocenters. The first-order chi connectivity index (χ1) is 9.00. The van der Waals surface area contributed by atoms with Gasteiger partial charge in [-0.3, -0.25) is 4.72 Å². The van der Waals surface area contributed by atoms with Crippen LogP contribution in [0, 0.1) is 23.6 Å². The van der Waals surface area contributed by atoms with Crippen LogP contribution in [0.5, 0.6) is 0 Å². The molecule has 0 aliphatic heterocycles. The van der Waals surface area contributed by atoms with E-state index in [4.69, 9.17) is 5.73 Å². The summed E-state index contributed by atoms with van der Waals surface area (Å²) in [5, 5.41) is 0. The van der Waals surface area contributed by atoms with Gasteiger partial charge in [0.15, 0.2) is 0 Å². The van der Waals surface area contributed by atoms with Crippen LogP contribution >= 0.6 is 0 Å². The van der Waals surface area contributed by atoms with Gasteiger partial charge in [0.25, 0.3) is 0 Å². The molecule has 6 heteroatoms. The number of halogens is 1. The fraction of sp³-hybridized carbons (Fsp3) is 0.385. The molecule has 1 aromatic carbocycles. The molecule has 1 fully saturated rings. The topological polar surface area (TPSA) is 72.2 Å². The molecule has 0 heterocycles. The third-order valence-electron chi connectivity index (χ3n) is 2.72. The lowest BCUT2D eigenvalue weighted by Crippen LogP contribution is -2.17. The van der Waals surface area contributed by atoms with Crippen LogP contribution in [0.25, 0.3) is 0 Å². The molecule has 2 rings (SSSR count). The molecule has 19 heavy (non-hydrogen) atoms. The van der Waals surface area contributed by atoms with Gasteiger partial charge in [-0.15, -0.1) is 0 Å². The van der Waals surface area contributed by atoms with Crippen LogP contribution in [0.3, 0.4) is 0 Å². The van der Waals surface area contributed by atoms with E-state index in [1.54, 1.807) is 0 Å². The van der Waals surface area contributed by atoms with E-state index in [1.807, 2.05) is 0 Å². The van der Waals surface area contributed by atoms with E-state index in [1.165, 1.54) is 12.1 Å². The van der Waals surface area contributed by atoms with E-state index in [-0.39, 0.29) is 29.5 Å². The van der Waals surface area contributed by atoms with Gasteiger partial charge >= 0.3 is 0 Å². The Morgan fingerprint density at radius 2 is 2.16 bits per heavy atom. The van der Waals surface area contributed by atoms with E-state index in [2.05, 4.69) is 16.6 Å². The average Bonchev–Trinajstić information content (AvgIpc) is 3.10. The molecule has 0 aromatic heterocycles. The molecule has 0 spiro atoms. The van der Waals surface area contributed by atoms with E-state index in [0.717, 1.165) is 18.9 Å². The molecule has 0 atom stereocenters. The van der Waals surface area contributed by atoms with Gasteiger partial charge in [0, 0.05) is 0 Å². The highest BCUT2D eigenvalue weighted by Crippen LogP contribution is 2.30. The molecular formula is C13H15FN2O2S. The van der Waals surface area contributed by atoms with Crippen LogP contribution in [-0.4, -0.2) is 20.7 Å². The van der Waals surface area contributed by atoms with Crippen molar-refractivity contribution in [3.8, 4) is 11.8 Å². The zero-order valence-electron chi connectivity index (χ0n) is 10.3. The molecule has 0 radical (unpaired) electrons. The van der Waals surface area contributed by atoms with Gasteiger partial charge in [0.1, 0.15) is 5.82 Å². The number of hydrogen-bond donors (Lipinski definition) is 2. The molecular weight excluding hydrogens is 267 g/mol. The lowest BCUT2D eigenvalue weighted by Gasteiger charge is -2.07. The van der Waals surface area contributed by atoms with Crippen molar-refractivity contribution in [1.82, 2.24) is 0 Å². The summed E-state index contributed by atoms with van der Waals surface area (Å²) in [7, 11) is -3.39. The Hall–Kier alpha value is -1.58. The quantitative estimate of drug-likeness (QED) is 0.817. The molecule has 0 bridgehead atoms. The zero-order chi connectivity index (χ0) is 13.9. The van der Waals surface area contributed by atoms with Gasteiger partial charge in [-0.2, -0.15) is 0 Å². The van der Waals surface area contributed by atoms with Crippen LogP contribution < -0.4 is 10.5 Å². The molecule has 0 amide bonds. The minimum absolute atomic E-state index is 0.101. The normalized spacial score (nSPS) is 14.6. The first-order valence-electron chi connectivity index (χ1n) is 5.99. The third kappa shape index (κ3) is 4.23.